The Morgan fingerprint density at radius 3 is 2.46 bits per heavy atom. The zero-order chi connectivity index (χ0) is 18.2. The average molecular weight is 334 g/mol. The second-order valence-corrected chi connectivity index (χ2v) is 6.16. The van der Waals surface area contributed by atoms with Gasteiger partial charge in [-0.2, -0.15) is 0 Å². The molecule has 8 heteroatoms. The molecule has 0 bridgehead atoms. The number of hydrogen-bond donors (Lipinski definition) is 1. The van der Waals surface area contributed by atoms with Crippen molar-refractivity contribution in [1.82, 2.24) is 5.32 Å². The fourth-order valence-electron chi connectivity index (χ4n) is 1.78. The maximum absolute atomic E-state index is 12.3. The van der Waals surface area contributed by atoms with Gasteiger partial charge >= 0.3 is 12.1 Å². The van der Waals surface area contributed by atoms with Gasteiger partial charge in [-0.15, -0.1) is 0 Å². The van der Waals surface area contributed by atoms with Gasteiger partial charge in [-0.25, -0.2) is 9.59 Å². The van der Waals surface area contributed by atoms with E-state index < -0.39 is 29.7 Å². The Kier molecular flexibility index (Phi) is 7.07. The van der Waals surface area contributed by atoms with Gasteiger partial charge in [0.1, 0.15) is 18.2 Å². The largest absolute Gasteiger partial charge is 0.459 e. The minimum Gasteiger partial charge on any atom is -0.459 e. The van der Waals surface area contributed by atoms with Crippen LogP contribution in [0.15, 0.2) is 35.4 Å². The maximum Gasteiger partial charge on any atom is 0.408 e. The number of amides is 1. The SMILES string of the molecule is CC(N=[N+]=[N-])C(NC(=O)OC(C)(C)C)C(=O)OCc1ccccc1. The number of benzene rings is 1. The van der Waals surface area contributed by atoms with Gasteiger partial charge in [-0.05, 0) is 31.9 Å². The van der Waals surface area contributed by atoms with E-state index in [1.807, 2.05) is 18.2 Å². The zero-order valence-corrected chi connectivity index (χ0v) is 14.2. The molecule has 2 atom stereocenters. The molecule has 0 saturated carbocycles. The third kappa shape index (κ3) is 7.02. The summed E-state index contributed by atoms with van der Waals surface area (Å²) in [6.07, 6.45) is -0.788. The predicted molar refractivity (Wildman–Crippen MR) is 88.0 cm³/mol. The summed E-state index contributed by atoms with van der Waals surface area (Å²) in [7, 11) is 0. The van der Waals surface area contributed by atoms with Crippen molar-refractivity contribution in [1.29, 1.82) is 0 Å². The molecule has 0 radical (unpaired) electrons. The van der Waals surface area contributed by atoms with Crippen molar-refractivity contribution in [3.63, 3.8) is 0 Å². The fourth-order valence-corrected chi connectivity index (χ4v) is 1.78. The lowest BCUT2D eigenvalue weighted by atomic mass is 10.1. The summed E-state index contributed by atoms with van der Waals surface area (Å²) < 4.78 is 10.3. The van der Waals surface area contributed by atoms with Crippen LogP contribution in [0.25, 0.3) is 10.4 Å². The highest BCUT2D eigenvalue weighted by atomic mass is 16.6. The van der Waals surface area contributed by atoms with E-state index in [4.69, 9.17) is 15.0 Å². The van der Waals surface area contributed by atoms with Gasteiger partial charge in [-0.1, -0.05) is 42.4 Å². The van der Waals surface area contributed by atoms with Gasteiger partial charge in [-0.3, -0.25) is 0 Å². The summed E-state index contributed by atoms with van der Waals surface area (Å²) >= 11 is 0. The van der Waals surface area contributed by atoms with Crippen molar-refractivity contribution in [2.75, 3.05) is 0 Å². The number of azide groups is 1. The number of nitrogens with zero attached hydrogens (tertiary/aromatic N) is 3. The monoisotopic (exact) mass is 334 g/mol. The van der Waals surface area contributed by atoms with Crippen molar-refractivity contribution < 1.29 is 19.1 Å². The first kappa shape index (κ1) is 19.3. The van der Waals surface area contributed by atoms with Crippen LogP contribution in [0, 0.1) is 0 Å². The minimum absolute atomic E-state index is 0.0508. The van der Waals surface area contributed by atoms with Crippen LogP contribution in [0.3, 0.4) is 0 Å². The Balaban J connectivity index is 2.75. The van der Waals surface area contributed by atoms with Crippen molar-refractivity contribution in [3.8, 4) is 0 Å². The van der Waals surface area contributed by atoms with Gasteiger partial charge in [0.2, 0.25) is 0 Å². The van der Waals surface area contributed by atoms with Crippen LogP contribution in [-0.4, -0.2) is 29.7 Å². The Bertz CT molecular complexity index is 606. The highest BCUT2D eigenvalue weighted by Gasteiger charge is 2.30. The first-order valence-electron chi connectivity index (χ1n) is 7.47. The van der Waals surface area contributed by atoms with Gasteiger partial charge in [0.15, 0.2) is 0 Å². The smallest absolute Gasteiger partial charge is 0.408 e. The molecular weight excluding hydrogens is 312 g/mol. The summed E-state index contributed by atoms with van der Waals surface area (Å²) in [6.45, 7) is 6.66. The van der Waals surface area contributed by atoms with E-state index in [0.29, 0.717) is 0 Å². The topological polar surface area (TPSA) is 113 Å². The molecule has 1 amide bonds. The summed E-state index contributed by atoms with van der Waals surface area (Å²) in [5, 5.41) is 5.85. The van der Waals surface area contributed by atoms with E-state index in [-0.39, 0.29) is 6.61 Å². The summed E-state index contributed by atoms with van der Waals surface area (Å²) in [4.78, 5) is 26.8. The molecule has 0 spiro atoms. The second-order valence-electron chi connectivity index (χ2n) is 6.16. The molecule has 130 valence electrons. The Labute approximate surface area is 140 Å². The van der Waals surface area contributed by atoms with Crippen LogP contribution < -0.4 is 5.32 Å². The molecule has 0 saturated heterocycles. The zero-order valence-electron chi connectivity index (χ0n) is 14.2. The average Bonchev–Trinajstić information content (AvgIpc) is 2.50. The number of esters is 1. The number of nitrogens with one attached hydrogen (secondary N) is 1. The molecule has 2 unspecified atom stereocenters. The molecule has 0 aliphatic rings. The maximum atomic E-state index is 12.3. The molecule has 0 aliphatic carbocycles. The summed E-state index contributed by atoms with van der Waals surface area (Å²) in [5.74, 6) is -0.704. The van der Waals surface area contributed by atoms with E-state index in [1.54, 1.807) is 32.9 Å². The van der Waals surface area contributed by atoms with Crippen LogP contribution in [0.4, 0.5) is 4.79 Å². The van der Waals surface area contributed by atoms with Crippen molar-refractivity contribution in [3.05, 3.63) is 46.3 Å². The van der Waals surface area contributed by atoms with Crippen LogP contribution >= 0.6 is 0 Å². The number of alkyl carbamates (subject to hydrolysis) is 1. The van der Waals surface area contributed by atoms with Crippen LogP contribution in [0.1, 0.15) is 33.3 Å². The number of rotatable bonds is 6. The van der Waals surface area contributed by atoms with E-state index >= 15 is 0 Å². The number of ether oxygens (including phenoxy) is 2. The van der Waals surface area contributed by atoms with Crippen LogP contribution in [0.2, 0.25) is 0 Å². The lowest BCUT2D eigenvalue weighted by molar-refractivity contribution is -0.148. The van der Waals surface area contributed by atoms with Gasteiger partial charge in [0, 0.05) is 4.91 Å². The molecule has 0 heterocycles. The molecule has 0 fully saturated rings. The summed E-state index contributed by atoms with van der Waals surface area (Å²) in [5.41, 5.74) is 8.64. The van der Waals surface area contributed by atoms with Crippen molar-refractivity contribution >= 4 is 12.1 Å². The molecule has 1 aromatic rings. The highest BCUT2D eigenvalue weighted by molar-refractivity contribution is 5.82. The Morgan fingerprint density at radius 2 is 1.92 bits per heavy atom. The van der Waals surface area contributed by atoms with Gasteiger partial charge in [0.25, 0.3) is 0 Å². The minimum atomic E-state index is -1.14. The van der Waals surface area contributed by atoms with Crippen LogP contribution in [-0.2, 0) is 20.9 Å². The summed E-state index contributed by atoms with van der Waals surface area (Å²) in [6, 6.07) is 7.14. The third-order valence-electron chi connectivity index (χ3n) is 2.87. The second kappa shape index (κ2) is 8.79. The van der Waals surface area contributed by atoms with E-state index in [0.717, 1.165) is 5.56 Å². The number of carbonyl (C=O) groups is 2. The Morgan fingerprint density at radius 1 is 1.29 bits per heavy atom. The molecule has 0 aromatic heterocycles. The first-order chi connectivity index (χ1) is 11.2. The van der Waals surface area contributed by atoms with E-state index in [9.17, 15) is 9.59 Å². The molecule has 0 aliphatic heterocycles. The molecular formula is C16H22N4O4. The molecule has 1 N–H and O–H groups in total. The number of hydrogen-bond acceptors (Lipinski definition) is 5. The van der Waals surface area contributed by atoms with Gasteiger partial charge in [0.05, 0.1) is 6.04 Å². The quantitative estimate of drug-likeness (QED) is 0.372. The van der Waals surface area contributed by atoms with Gasteiger partial charge < -0.3 is 14.8 Å². The third-order valence-corrected chi connectivity index (χ3v) is 2.87. The predicted octanol–water partition coefficient (Wildman–Crippen LogP) is 3.32. The molecule has 8 nitrogen and oxygen atoms in total. The lowest BCUT2D eigenvalue weighted by Crippen LogP contribution is -2.49. The first-order valence-corrected chi connectivity index (χ1v) is 7.47. The number of carbonyl (C=O) groups excluding carboxylic acids is 2. The molecule has 1 aromatic carbocycles. The van der Waals surface area contributed by atoms with E-state index in [1.165, 1.54) is 6.92 Å². The van der Waals surface area contributed by atoms with Crippen LogP contribution in [0.5, 0.6) is 0 Å². The normalized spacial score (nSPS) is 13.2. The highest BCUT2D eigenvalue weighted by Crippen LogP contribution is 2.10. The molecule has 1 rings (SSSR count). The van der Waals surface area contributed by atoms with E-state index in [2.05, 4.69) is 15.3 Å². The molecule has 24 heavy (non-hydrogen) atoms. The van der Waals surface area contributed by atoms with Crippen molar-refractivity contribution in [2.24, 2.45) is 5.11 Å². The fraction of sp³-hybridized carbons (Fsp3) is 0.500. The lowest BCUT2D eigenvalue weighted by Gasteiger charge is -2.24. The Hall–Kier alpha value is -2.73. The standard InChI is InChI=1S/C16H22N4O4/c1-11(19-20-17)13(18-15(22)24-16(2,3)4)14(21)23-10-12-8-6-5-7-9-12/h5-9,11,13H,10H2,1-4H3,(H,18,22). The van der Waals surface area contributed by atoms with Crippen molar-refractivity contribution in [2.45, 2.75) is 52.0 Å².